The van der Waals surface area contributed by atoms with Crippen molar-refractivity contribution in [1.82, 2.24) is 10.6 Å². The number of nitrogens with one attached hydrogen (secondary N) is 2. The Balaban J connectivity index is 1.15. The summed E-state index contributed by atoms with van der Waals surface area (Å²) in [5.41, 5.74) is 5.56. The molecule has 40 heavy (non-hydrogen) atoms. The number of ether oxygens (including phenoxy) is 3. The molecule has 2 aliphatic heterocycles. The zero-order valence-electron chi connectivity index (χ0n) is 22.3. The number of benzene rings is 3. The normalized spacial score (nSPS) is 20.2. The largest absolute Gasteiger partial charge is 0.449 e. The summed E-state index contributed by atoms with van der Waals surface area (Å²) in [6.45, 7) is 1.41. The first-order valence-electron chi connectivity index (χ1n) is 13.9. The molecule has 208 valence electrons. The molecule has 1 aliphatic carbocycles. The molecular formula is C32H34N2O5S. The fourth-order valence-corrected chi connectivity index (χ4v) is 7.09. The van der Waals surface area contributed by atoms with Crippen molar-refractivity contribution in [3.63, 3.8) is 0 Å². The lowest BCUT2D eigenvalue weighted by molar-refractivity contribution is -0.280. The van der Waals surface area contributed by atoms with Crippen molar-refractivity contribution in [2.75, 3.05) is 31.3 Å². The van der Waals surface area contributed by atoms with Gasteiger partial charge >= 0.3 is 6.09 Å². The number of carbonyl (C=O) groups excluding carboxylic acids is 2. The molecule has 2 amide bonds. The van der Waals surface area contributed by atoms with Crippen LogP contribution in [0.1, 0.15) is 35.4 Å². The standard InChI is InChI=1S/C32H34N2O5S/c35-30(34-29-21-40-18-15-32(29)38-16-8-17-39-32)28(19-22-9-2-1-3-10-22)33-31(36)37-20-27-25-13-6-4-11-23(25)24-12-5-7-14-26(24)27/h1-7,9-14,27-29H,8,15-21H2,(H,33,36)(H,34,35)/t28-,29?/m0/s1. The van der Waals surface area contributed by atoms with Gasteiger partial charge in [0.1, 0.15) is 12.6 Å². The third kappa shape index (κ3) is 5.61. The number of alkyl carbamates (subject to hydrolysis) is 1. The highest BCUT2D eigenvalue weighted by atomic mass is 32.2. The lowest BCUT2D eigenvalue weighted by atomic mass is 9.98. The monoisotopic (exact) mass is 558 g/mol. The van der Waals surface area contributed by atoms with Crippen molar-refractivity contribution < 1.29 is 23.8 Å². The Bertz CT molecular complexity index is 1290. The van der Waals surface area contributed by atoms with Gasteiger partial charge in [-0.05, 0) is 40.0 Å². The highest BCUT2D eigenvalue weighted by Crippen LogP contribution is 2.44. The van der Waals surface area contributed by atoms with E-state index < -0.39 is 17.9 Å². The maximum absolute atomic E-state index is 13.7. The summed E-state index contributed by atoms with van der Waals surface area (Å²) in [5, 5.41) is 6.00. The Hall–Kier alpha value is -3.33. The zero-order chi connectivity index (χ0) is 27.4. The number of hydrogen-bond acceptors (Lipinski definition) is 6. The maximum atomic E-state index is 13.7. The Morgan fingerprint density at radius 2 is 1.57 bits per heavy atom. The predicted molar refractivity (Wildman–Crippen MR) is 155 cm³/mol. The van der Waals surface area contributed by atoms with Crippen LogP contribution < -0.4 is 10.6 Å². The Morgan fingerprint density at radius 3 is 2.27 bits per heavy atom. The fourth-order valence-electron chi connectivity index (χ4n) is 5.92. The summed E-state index contributed by atoms with van der Waals surface area (Å²) >= 11 is 1.77. The predicted octanol–water partition coefficient (Wildman–Crippen LogP) is 4.89. The lowest BCUT2D eigenvalue weighted by Crippen LogP contribution is -2.63. The maximum Gasteiger partial charge on any atom is 0.407 e. The molecule has 0 radical (unpaired) electrons. The van der Waals surface area contributed by atoms with Crippen molar-refractivity contribution in [3.8, 4) is 11.1 Å². The van der Waals surface area contributed by atoms with Gasteiger partial charge in [0, 0.05) is 24.5 Å². The summed E-state index contributed by atoms with van der Waals surface area (Å²) in [5.74, 6) is 0.466. The zero-order valence-corrected chi connectivity index (χ0v) is 23.2. The van der Waals surface area contributed by atoms with Gasteiger partial charge in [-0.1, -0.05) is 78.9 Å². The molecule has 7 nitrogen and oxygen atoms in total. The molecule has 2 N–H and O–H groups in total. The van der Waals surface area contributed by atoms with Crippen LogP contribution in [-0.2, 0) is 25.4 Å². The summed E-state index contributed by atoms with van der Waals surface area (Å²) in [4.78, 5) is 26.8. The fraction of sp³-hybridized carbons (Fsp3) is 0.375. The van der Waals surface area contributed by atoms with Crippen LogP contribution in [0.15, 0.2) is 78.9 Å². The van der Waals surface area contributed by atoms with Crippen molar-refractivity contribution >= 4 is 23.8 Å². The topological polar surface area (TPSA) is 85.9 Å². The molecular weight excluding hydrogens is 524 g/mol. The van der Waals surface area contributed by atoms with Crippen LogP contribution in [0.4, 0.5) is 4.79 Å². The minimum Gasteiger partial charge on any atom is -0.449 e. The third-order valence-electron chi connectivity index (χ3n) is 7.94. The van der Waals surface area contributed by atoms with Crippen LogP contribution >= 0.6 is 11.8 Å². The van der Waals surface area contributed by atoms with Crippen LogP contribution in [0.25, 0.3) is 11.1 Å². The van der Waals surface area contributed by atoms with E-state index >= 15 is 0 Å². The second kappa shape index (κ2) is 12.0. The summed E-state index contributed by atoms with van der Waals surface area (Å²) < 4.78 is 18.0. The average Bonchev–Trinajstić information content (AvgIpc) is 3.31. The molecule has 0 saturated carbocycles. The van der Waals surface area contributed by atoms with Gasteiger partial charge in [0.05, 0.1) is 19.3 Å². The Labute approximate surface area is 239 Å². The van der Waals surface area contributed by atoms with Crippen LogP contribution in [0.5, 0.6) is 0 Å². The van der Waals surface area contributed by atoms with Crippen LogP contribution in [0.2, 0.25) is 0 Å². The number of amides is 2. The molecule has 1 spiro atoms. The Kier molecular flexibility index (Phi) is 8.09. The second-order valence-electron chi connectivity index (χ2n) is 10.5. The van der Waals surface area contributed by atoms with Gasteiger partial charge in [0.2, 0.25) is 5.91 Å². The first-order chi connectivity index (χ1) is 19.6. The molecule has 2 atom stereocenters. The van der Waals surface area contributed by atoms with Crippen molar-refractivity contribution in [1.29, 1.82) is 0 Å². The van der Waals surface area contributed by atoms with Gasteiger partial charge in [-0.15, -0.1) is 0 Å². The molecule has 2 saturated heterocycles. The molecule has 6 rings (SSSR count). The van der Waals surface area contributed by atoms with E-state index in [0.29, 0.717) is 31.8 Å². The SMILES string of the molecule is O=C(N[C@@H](Cc1ccccc1)C(=O)NC1CSCCC12OCCCO2)OCC1c2ccccc2-c2ccccc21. The molecule has 3 aromatic carbocycles. The first kappa shape index (κ1) is 26.9. The van der Waals surface area contributed by atoms with Gasteiger partial charge in [-0.3, -0.25) is 4.79 Å². The first-order valence-corrected chi connectivity index (χ1v) is 15.1. The molecule has 8 heteroatoms. The van der Waals surface area contributed by atoms with E-state index in [2.05, 4.69) is 34.9 Å². The lowest BCUT2D eigenvalue weighted by Gasteiger charge is -2.45. The van der Waals surface area contributed by atoms with Gasteiger partial charge < -0.3 is 24.8 Å². The number of hydrogen-bond donors (Lipinski definition) is 2. The van der Waals surface area contributed by atoms with E-state index in [-0.39, 0.29) is 24.5 Å². The number of fused-ring (bicyclic) bond motifs is 3. The minimum atomic E-state index is -0.814. The van der Waals surface area contributed by atoms with E-state index in [1.807, 2.05) is 54.6 Å². The molecule has 2 heterocycles. The summed E-state index contributed by atoms with van der Waals surface area (Å²) in [6, 6.07) is 25.0. The highest BCUT2D eigenvalue weighted by Gasteiger charge is 2.46. The van der Waals surface area contributed by atoms with E-state index in [0.717, 1.165) is 28.9 Å². The van der Waals surface area contributed by atoms with Crippen molar-refractivity contribution in [3.05, 3.63) is 95.6 Å². The van der Waals surface area contributed by atoms with E-state index in [1.165, 1.54) is 11.1 Å². The molecule has 1 unspecified atom stereocenters. The van der Waals surface area contributed by atoms with Gasteiger partial charge in [0.25, 0.3) is 0 Å². The van der Waals surface area contributed by atoms with Gasteiger partial charge in [-0.25, -0.2) is 4.79 Å². The highest BCUT2D eigenvalue weighted by molar-refractivity contribution is 7.99. The van der Waals surface area contributed by atoms with Crippen LogP contribution in [0.3, 0.4) is 0 Å². The number of rotatable bonds is 7. The molecule has 3 aromatic rings. The quantitative estimate of drug-likeness (QED) is 0.430. The van der Waals surface area contributed by atoms with Gasteiger partial charge in [0.15, 0.2) is 5.79 Å². The number of carbonyl (C=O) groups is 2. The van der Waals surface area contributed by atoms with E-state index in [9.17, 15) is 9.59 Å². The minimum absolute atomic E-state index is 0.0562. The molecule has 3 aliphatic rings. The van der Waals surface area contributed by atoms with Crippen molar-refractivity contribution in [2.45, 2.75) is 43.1 Å². The van der Waals surface area contributed by atoms with Crippen LogP contribution in [-0.4, -0.2) is 61.2 Å². The smallest absolute Gasteiger partial charge is 0.407 e. The van der Waals surface area contributed by atoms with Crippen molar-refractivity contribution in [2.24, 2.45) is 0 Å². The third-order valence-corrected chi connectivity index (χ3v) is 9.00. The summed E-state index contributed by atoms with van der Waals surface area (Å²) in [7, 11) is 0. The average molecular weight is 559 g/mol. The molecule has 2 fully saturated rings. The van der Waals surface area contributed by atoms with E-state index in [4.69, 9.17) is 14.2 Å². The van der Waals surface area contributed by atoms with Crippen LogP contribution in [0, 0.1) is 0 Å². The Morgan fingerprint density at radius 1 is 0.925 bits per heavy atom. The molecule has 0 bridgehead atoms. The van der Waals surface area contributed by atoms with E-state index in [1.54, 1.807) is 11.8 Å². The molecule has 0 aromatic heterocycles. The van der Waals surface area contributed by atoms with Gasteiger partial charge in [-0.2, -0.15) is 11.8 Å². The summed E-state index contributed by atoms with van der Waals surface area (Å²) in [6.07, 6.45) is 1.28. The number of thioether (sulfide) groups is 1. The second-order valence-corrected chi connectivity index (χ2v) is 11.6.